The van der Waals surface area contributed by atoms with Gasteiger partial charge in [-0.2, -0.15) is 0 Å². The summed E-state index contributed by atoms with van der Waals surface area (Å²) in [6.45, 7) is 2.11. The minimum absolute atomic E-state index is 0.258. The molecule has 1 unspecified atom stereocenters. The van der Waals surface area contributed by atoms with E-state index in [0.29, 0.717) is 18.3 Å². The third-order valence-electron chi connectivity index (χ3n) is 3.49. The van der Waals surface area contributed by atoms with E-state index in [2.05, 4.69) is 0 Å². The van der Waals surface area contributed by atoms with Crippen LogP contribution in [0.2, 0.25) is 0 Å². The van der Waals surface area contributed by atoms with Crippen LogP contribution in [0.1, 0.15) is 31.2 Å². The van der Waals surface area contributed by atoms with Gasteiger partial charge >= 0.3 is 0 Å². The van der Waals surface area contributed by atoms with E-state index >= 15 is 0 Å². The molecule has 3 heteroatoms. The third-order valence-corrected chi connectivity index (χ3v) is 3.49. The van der Waals surface area contributed by atoms with Crippen molar-refractivity contribution in [2.24, 2.45) is 5.92 Å². The van der Waals surface area contributed by atoms with Crippen molar-refractivity contribution in [1.29, 1.82) is 0 Å². The monoisotopic (exact) mass is 238 g/mol. The van der Waals surface area contributed by atoms with Crippen molar-refractivity contribution in [3.63, 3.8) is 0 Å². The Labute approximate surface area is 101 Å². The molecule has 0 aliphatic heterocycles. The van der Waals surface area contributed by atoms with Gasteiger partial charge in [0.15, 0.2) is 0 Å². The Morgan fingerprint density at radius 1 is 1.41 bits per heavy atom. The molecule has 1 atom stereocenters. The van der Waals surface area contributed by atoms with E-state index in [9.17, 15) is 9.50 Å². The summed E-state index contributed by atoms with van der Waals surface area (Å²) in [5.41, 5.74) is 0.767. The van der Waals surface area contributed by atoms with Crippen molar-refractivity contribution < 1.29 is 14.2 Å². The lowest BCUT2D eigenvalue weighted by atomic mass is 10.0. The molecule has 17 heavy (non-hydrogen) atoms. The second-order valence-electron chi connectivity index (χ2n) is 4.83. The van der Waals surface area contributed by atoms with Crippen LogP contribution < -0.4 is 4.74 Å². The number of ether oxygens (including phenoxy) is 1. The summed E-state index contributed by atoms with van der Waals surface area (Å²) in [4.78, 5) is 0. The fraction of sp³-hybridized carbons (Fsp3) is 0.571. The number of aliphatic hydroxyl groups is 1. The molecule has 0 saturated heterocycles. The van der Waals surface area contributed by atoms with Crippen LogP contribution in [0.5, 0.6) is 5.75 Å². The van der Waals surface area contributed by atoms with E-state index in [1.807, 2.05) is 0 Å². The first-order chi connectivity index (χ1) is 8.16. The molecule has 0 amide bonds. The molecule has 0 heterocycles. The van der Waals surface area contributed by atoms with Gasteiger partial charge in [0, 0.05) is 0 Å². The van der Waals surface area contributed by atoms with Crippen molar-refractivity contribution in [3.8, 4) is 5.75 Å². The Morgan fingerprint density at radius 2 is 2.12 bits per heavy atom. The molecule has 1 aliphatic carbocycles. The van der Waals surface area contributed by atoms with Crippen LogP contribution >= 0.6 is 0 Å². The second kappa shape index (κ2) is 5.50. The first kappa shape index (κ1) is 12.4. The zero-order valence-corrected chi connectivity index (χ0v) is 10.2. The smallest absolute Gasteiger partial charge is 0.123 e. The Bertz CT molecular complexity index is 372. The summed E-state index contributed by atoms with van der Waals surface area (Å²) in [6.07, 6.45) is 4.19. The highest BCUT2D eigenvalue weighted by Crippen LogP contribution is 2.28. The highest BCUT2D eigenvalue weighted by Gasteiger charge is 2.23. The second-order valence-corrected chi connectivity index (χ2v) is 4.83. The lowest BCUT2D eigenvalue weighted by molar-refractivity contribution is 0.0590. The van der Waals surface area contributed by atoms with Crippen molar-refractivity contribution in [2.75, 3.05) is 6.61 Å². The maximum Gasteiger partial charge on any atom is 0.123 e. The molecule has 1 aliphatic rings. The molecule has 1 aromatic rings. The van der Waals surface area contributed by atoms with Crippen LogP contribution in [0.3, 0.4) is 0 Å². The fourth-order valence-electron chi connectivity index (χ4n) is 2.43. The van der Waals surface area contributed by atoms with Crippen LogP contribution in [-0.4, -0.2) is 17.8 Å². The lowest BCUT2D eigenvalue weighted by Gasteiger charge is -2.18. The standard InChI is InChI=1S/C14H19FO2/c1-10-8-12(15)6-7-14(10)17-9-13(16)11-4-2-3-5-11/h6-8,11,13,16H,2-5,9H2,1H3. The summed E-state index contributed by atoms with van der Waals surface area (Å²) in [5, 5.41) is 9.96. The predicted octanol–water partition coefficient (Wildman–Crippen LogP) is 3.06. The molecule has 94 valence electrons. The van der Waals surface area contributed by atoms with Gasteiger partial charge in [0.25, 0.3) is 0 Å². The number of aryl methyl sites for hydroxylation is 1. The van der Waals surface area contributed by atoms with Crippen molar-refractivity contribution in [1.82, 2.24) is 0 Å². The molecule has 1 aromatic carbocycles. The maximum absolute atomic E-state index is 12.9. The first-order valence-electron chi connectivity index (χ1n) is 6.24. The van der Waals surface area contributed by atoms with Crippen LogP contribution in [0, 0.1) is 18.7 Å². The largest absolute Gasteiger partial charge is 0.491 e. The van der Waals surface area contributed by atoms with Gasteiger partial charge in [-0.1, -0.05) is 12.8 Å². The molecule has 0 bridgehead atoms. The zero-order valence-electron chi connectivity index (χ0n) is 10.2. The Hall–Kier alpha value is -1.09. The van der Waals surface area contributed by atoms with Crippen LogP contribution in [0.25, 0.3) is 0 Å². The minimum Gasteiger partial charge on any atom is -0.491 e. The minimum atomic E-state index is -0.401. The van der Waals surface area contributed by atoms with E-state index in [4.69, 9.17) is 4.74 Å². The number of benzene rings is 1. The van der Waals surface area contributed by atoms with Gasteiger partial charge < -0.3 is 9.84 Å². The summed E-state index contributed by atoms with van der Waals surface area (Å²) >= 11 is 0. The van der Waals surface area contributed by atoms with Gasteiger partial charge in [0.2, 0.25) is 0 Å². The molecule has 0 radical (unpaired) electrons. The Balaban J connectivity index is 1.88. The Morgan fingerprint density at radius 3 is 2.76 bits per heavy atom. The van der Waals surface area contributed by atoms with E-state index in [0.717, 1.165) is 18.4 Å². The number of aliphatic hydroxyl groups excluding tert-OH is 1. The van der Waals surface area contributed by atoms with E-state index in [-0.39, 0.29) is 5.82 Å². The maximum atomic E-state index is 12.9. The van der Waals surface area contributed by atoms with Gasteiger partial charge in [-0.05, 0) is 49.4 Å². The van der Waals surface area contributed by atoms with E-state index in [1.165, 1.54) is 25.0 Å². The zero-order chi connectivity index (χ0) is 12.3. The average molecular weight is 238 g/mol. The first-order valence-corrected chi connectivity index (χ1v) is 6.24. The molecule has 2 nitrogen and oxygen atoms in total. The molecule has 1 fully saturated rings. The SMILES string of the molecule is Cc1cc(F)ccc1OCC(O)C1CCCC1. The number of hydrogen-bond donors (Lipinski definition) is 1. The van der Waals surface area contributed by atoms with Gasteiger partial charge in [-0.25, -0.2) is 4.39 Å². The Kier molecular flexibility index (Phi) is 4.00. The van der Waals surface area contributed by atoms with Crippen LogP contribution in [-0.2, 0) is 0 Å². The molecule has 1 N–H and O–H groups in total. The van der Waals surface area contributed by atoms with Crippen LogP contribution in [0.4, 0.5) is 4.39 Å². The van der Waals surface area contributed by atoms with Crippen molar-refractivity contribution >= 4 is 0 Å². The molecule has 0 spiro atoms. The molecule has 0 aromatic heterocycles. The fourth-order valence-corrected chi connectivity index (χ4v) is 2.43. The number of halogens is 1. The molecule has 1 saturated carbocycles. The topological polar surface area (TPSA) is 29.5 Å². The van der Waals surface area contributed by atoms with E-state index < -0.39 is 6.10 Å². The molecular formula is C14H19FO2. The number of hydrogen-bond acceptors (Lipinski definition) is 2. The van der Waals surface area contributed by atoms with Gasteiger partial charge in [-0.15, -0.1) is 0 Å². The van der Waals surface area contributed by atoms with Crippen LogP contribution in [0.15, 0.2) is 18.2 Å². The van der Waals surface area contributed by atoms with Gasteiger partial charge in [0.1, 0.15) is 18.2 Å². The van der Waals surface area contributed by atoms with Gasteiger partial charge in [0.05, 0.1) is 6.10 Å². The molecular weight excluding hydrogens is 219 g/mol. The molecule has 2 rings (SSSR count). The number of rotatable bonds is 4. The van der Waals surface area contributed by atoms with E-state index in [1.54, 1.807) is 13.0 Å². The summed E-state index contributed by atoms with van der Waals surface area (Å²) in [7, 11) is 0. The summed E-state index contributed by atoms with van der Waals surface area (Å²) in [6, 6.07) is 4.44. The highest BCUT2D eigenvalue weighted by atomic mass is 19.1. The third kappa shape index (κ3) is 3.19. The summed E-state index contributed by atoms with van der Waals surface area (Å²) < 4.78 is 18.4. The van der Waals surface area contributed by atoms with Crippen molar-refractivity contribution in [3.05, 3.63) is 29.6 Å². The predicted molar refractivity (Wildman–Crippen MR) is 64.6 cm³/mol. The summed E-state index contributed by atoms with van der Waals surface area (Å²) in [5.74, 6) is 0.769. The average Bonchev–Trinajstić information content (AvgIpc) is 2.81. The van der Waals surface area contributed by atoms with Gasteiger partial charge in [-0.3, -0.25) is 0 Å². The quantitative estimate of drug-likeness (QED) is 0.873. The highest BCUT2D eigenvalue weighted by molar-refractivity contribution is 5.32. The van der Waals surface area contributed by atoms with Crippen molar-refractivity contribution in [2.45, 2.75) is 38.7 Å². The normalized spacial score (nSPS) is 18.3. The lowest BCUT2D eigenvalue weighted by Crippen LogP contribution is -2.25.